The molecule has 0 aliphatic heterocycles. The van der Waals surface area contributed by atoms with Gasteiger partial charge in [-0.25, -0.2) is 0 Å². The fourth-order valence-electron chi connectivity index (χ4n) is 1.53. The lowest BCUT2D eigenvalue weighted by Gasteiger charge is -2.06. The van der Waals surface area contributed by atoms with Gasteiger partial charge in [-0.2, -0.15) is 10.1 Å². The van der Waals surface area contributed by atoms with Gasteiger partial charge >= 0.3 is 0 Å². The van der Waals surface area contributed by atoms with E-state index in [2.05, 4.69) is 25.8 Å². The van der Waals surface area contributed by atoms with Crippen molar-refractivity contribution in [2.24, 2.45) is 0 Å². The quantitative estimate of drug-likeness (QED) is 0.886. The predicted octanol–water partition coefficient (Wildman–Crippen LogP) is 2.84. The fourth-order valence-corrected chi connectivity index (χ4v) is 1.65. The van der Waals surface area contributed by atoms with E-state index in [0.717, 1.165) is 11.5 Å². The molecule has 2 aromatic rings. The van der Waals surface area contributed by atoms with Crippen LogP contribution in [0.3, 0.4) is 0 Å². The second-order valence-electron chi connectivity index (χ2n) is 4.22. The zero-order chi connectivity index (χ0) is 12.4. The molecule has 0 amide bonds. The number of benzene rings is 1. The van der Waals surface area contributed by atoms with E-state index in [-0.39, 0.29) is 0 Å². The van der Waals surface area contributed by atoms with Gasteiger partial charge in [0.25, 0.3) is 0 Å². The molecule has 1 aromatic carbocycles. The zero-order valence-corrected chi connectivity index (χ0v) is 10.4. The summed E-state index contributed by atoms with van der Waals surface area (Å²) < 4.78 is 0. The van der Waals surface area contributed by atoms with Crippen LogP contribution in [0.2, 0.25) is 5.02 Å². The molecule has 1 aliphatic carbocycles. The minimum Gasteiger partial charge on any atom is -0.366 e. The maximum atomic E-state index is 5.82. The van der Waals surface area contributed by atoms with Crippen LogP contribution < -0.4 is 10.6 Å². The highest BCUT2D eigenvalue weighted by Crippen LogP contribution is 2.23. The van der Waals surface area contributed by atoms with E-state index >= 15 is 0 Å². The van der Waals surface area contributed by atoms with Crippen molar-refractivity contribution in [2.75, 3.05) is 10.6 Å². The summed E-state index contributed by atoms with van der Waals surface area (Å²) in [7, 11) is 0. The predicted molar refractivity (Wildman–Crippen MR) is 71.2 cm³/mol. The molecule has 2 N–H and O–H groups in total. The lowest BCUT2D eigenvalue weighted by Crippen LogP contribution is -2.06. The molecule has 0 radical (unpaired) electrons. The standard InChI is InChI=1S/C12H12ClN5/c13-8-1-3-10(4-2-8)16-12-17-11(7-14-18-12)15-9-5-6-9/h1-4,7,9H,5-6H2,(H2,15,16,17,18). The molecule has 1 saturated carbocycles. The summed E-state index contributed by atoms with van der Waals surface area (Å²) >= 11 is 5.82. The molecule has 92 valence electrons. The average Bonchev–Trinajstić information content (AvgIpc) is 3.17. The minimum absolute atomic E-state index is 0.475. The van der Waals surface area contributed by atoms with Gasteiger partial charge in [-0.15, -0.1) is 5.10 Å². The Morgan fingerprint density at radius 2 is 1.94 bits per heavy atom. The Hall–Kier alpha value is -1.88. The third-order valence-corrected chi connectivity index (χ3v) is 2.84. The van der Waals surface area contributed by atoms with E-state index in [9.17, 15) is 0 Å². The Labute approximate surface area is 110 Å². The maximum absolute atomic E-state index is 5.82. The first kappa shape index (κ1) is 11.2. The first-order valence-corrected chi connectivity index (χ1v) is 6.16. The molecule has 0 bridgehead atoms. The van der Waals surface area contributed by atoms with Crippen molar-refractivity contribution in [1.82, 2.24) is 15.2 Å². The molecule has 0 atom stereocenters. The Morgan fingerprint density at radius 3 is 2.67 bits per heavy atom. The van der Waals surface area contributed by atoms with Crippen LogP contribution in [0.4, 0.5) is 17.5 Å². The van der Waals surface area contributed by atoms with Crippen molar-refractivity contribution in [1.29, 1.82) is 0 Å². The van der Waals surface area contributed by atoms with E-state index in [4.69, 9.17) is 11.6 Å². The highest BCUT2D eigenvalue weighted by atomic mass is 35.5. The molecule has 6 heteroatoms. The van der Waals surface area contributed by atoms with Gasteiger partial charge < -0.3 is 10.6 Å². The van der Waals surface area contributed by atoms with E-state index in [1.165, 1.54) is 12.8 Å². The summed E-state index contributed by atoms with van der Waals surface area (Å²) in [5.41, 5.74) is 0.879. The molecule has 0 unspecified atom stereocenters. The SMILES string of the molecule is Clc1ccc(Nc2nncc(NC3CC3)n2)cc1. The molecule has 0 spiro atoms. The van der Waals surface area contributed by atoms with Gasteiger partial charge in [0.1, 0.15) is 0 Å². The molecule has 1 fully saturated rings. The van der Waals surface area contributed by atoms with Crippen LogP contribution in [0.15, 0.2) is 30.5 Å². The van der Waals surface area contributed by atoms with Crippen molar-refractivity contribution in [2.45, 2.75) is 18.9 Å². The van der Waals surface area contributed by atoms with Crippen LogP contribution in [0.1, 0.15) is 12.8 Å². The summed E-state index contributed by atoms with van der Waals surface area (Å²) in [6, 6.07) is 7.90. The molecule has 3 rings (SSSR count). The molecule has 1 aromatic heterocycles. The van der Waals surface area contributed by atoms with E-state index in [0.29, 0.717) is 17.0 Å². The molecular formula is C12H12ClN5. The van der Waals surface area contributed by atoms with Crippen LogP contribution in [0.25, 0.3) is 0 Å². The molecule has 5 nitrogen and oxygen atoms in total. The lowest BCUT2D eigenvalue weighted by molar-refractivity contribution is 0.965. The first-order valence-electron chi connectivity index (χ1n) is 5.78. The number of hydrogen-bond donors (Lipinski definition) is 2. The largest absolute Gasteiger partial charge is 0.366 e. The first-order chi connectivity index (χ1) is 8.79. The zero-order valence-electron chi connectivity index (χ0n) is 9.60. The van der Waals surface area contributed by atoms with Crippen molar-refractivity contribution in [3.05, 3.63) is 35.5 Å². The second kappa shape index (κ2) is 4.78. The normalized spacial score (nSPS) is 14.3. The summed E-state index contributed by atoms with van der Waals surface area (Å²) in [5, 5.41) is 14.9. The average molecular weight is 262 g/mol. The third kappa shape index (κ3) is 2.87. The van der Waals surface area contributed by atoms with E-state index in [1.807, 2.05) is 24.3 Å². The van der Waals surface area contributed by atoms with Crippen molar-refractivity contribution in [3.8, 4) is 0 Å². The van der Waals surface area contributed by atoms with Gasteiger partial charge in [0.2, 0.25) is 5.95 Å². The molecule has 1 aliphatic rings. The Morgan fingerprint density at radius 1 is 1.17 bits per heavy atom. The molecule has 18 heavy (non-hydrogen) atoms. The highest BCUT2D eigenvalue weighted by molar-refractivity contribution is 6.30. The summed E-state index contributed by atoms with van der Waals surface area (Å²) in [5.74, 6) is 1.23. The van der Waals surface area contributed by atoms with Gasteiger partial charge in [0.15, 0.2) is 5.82 Å². The van der Waals surface area contributed by atoms with Gasteiger partial charge in [0.05, 0.1) is 6.20 Å². The van der Waals surface area contributed by atoms with Crippen molar-refractivity contribution >= 4 is 29.1 Å². The van der Waals surface area contributed by atoms with Crippen LogP contribution in [-0.4, -0.2) is 21.2 Å². The Kier molecular flexibility index (Phi) is 2.98. The smallest absolute Gasteiger partial charge is 0.249 e. The molecule has 1 heterocycles. The van der Waals surface area contributed by atoms with Crippen LogP contribution in [0, 0.1) is 0 Å². The summed E-state index contributed by atoms with van der Waals surface area (Å²) in [6.45, 7) is 0. The van der Waals surface area contributed by atoms with Gasteiger partial charge in [0, 0.05) is 16.8 Å². The van der Waals surface area contributed by atoms with Gasteiger partial charge in [-0.1, -0.05) is 11.6 Å². The number of rotatable bonds is 4. The Bertz CT molecular complexity index is 538. The van der Waals surface area contributed by atoms with E-state index < -0.39 is 0 Å². The van der Waals surface area contributed by atoms with Crippen LogP contribution >= 0.6 is 11.6 Å². The molecular weight excluding hydrogens is 250 g/mol. The number of aromatic nitrogens is 3. The van der Waals surface area contributed by atoms with E-state index in [1.54, 1.807) is 6.20 Å². The van der Waals surface area contributed by atoms with Crippen molar-refractivity contribution in [3.63, 3.8) is 0 Å². The monoisotopic (exact) mass is 261 g/mol. The fraction of sp³-hybridized carbons (Fsp3) is 0.250. The van der Waals surface area contributed by atoms with Gasteiger partial charge in [-0.05, 0) is 37.1 Å². The minimum atomic E-state index is 0.475. The number of nitrogens with zero attached hydrogens (tertiary/aromatic N) is 3. The highest BCUT2D eigenvalue weighted by Gasteiger charge is 2.21. The summed E-state index contributed by atoms with van der Waals surface area (Å²) in [4.78, 5) is 4.34. The van der Waals surface area contributed by atoms with Crippen molar-refractivity contribution < 1.29 is 0 Å². The topological polar surface area (TPSA) is 62.7 Å². The molecule has 0 saturated heterocycles. The Balaban J connectivity index is 1.73. The van der Waals surface area contributed by atoms with Gasteiger partial charge in [-0.3, -0.25) is 0 Å². The summed E-state index contributed by atoms with van der Waals surface area (Å²) in [6.07, 6.45) is 4.03. The second-order valence-corrected chi connectivity index (χ2v) is 4.65. The number of hydrogen-bond acceptors (Lipinski definition) is 5. The number of nitrogens with one attached hydrogen (secondary N) is 2. The third-order valence-electron chi connectivity index (χ3n) is 2.59. The number of anilines is 3. The maximum Gasteiger partial charge on any atom is 0.249 e. The van der Waals surface area contributed by atoms with Crippen LogP contribution in [-0.2, 0) is 0 Å². The lowest BCUT2D eigenvalue weighted by atomic mass is 10.3. The van der Waals surface area contributed by atoms with Crippen LogP contribution in [0.5, 0.6) is 0 Å². The number of halogens is 1.